The molecule has 0 radical (unpaired) electrons. The molecule has 4 nitrogen and oxygen atoms in total. The van der Waals surface area contributed by atoms with Crippen LogP contribution in [0, 0.1) is 0 Å². The van der Waals surface area contributed by atoms with Crippen molar-refractivity contribution in [2.45, 2.75) is 19.3 Å². The van der Waals surface area contributed by atoms with Crippen molar-refractivity contribution < 1.29 is 0 Å². The van der Waals surface area contributed by atoms with E-state index in [1.807, 2.05) is 0 Å². The molecule has 5 heteroatoms. The average Bonchev–Trinajstić information content (AvgIpc) is 2.86. The lowest BCUT2D eigenvalue weighted by Crippen LogP contribution is -2.48. The molecule has 0 atom stereocenters. The van der Waals surface area contributed by atoms with Gasteiger partial charge in [-0.15, -0.1) is 0 Å². The quantitative estimate of drug-likeness (QED) is 0.834. The molecule has 1 aliphatic heterocycles. The Bertz CT molecular complexity index is 480. The molecule has 1 aromatic heterocycles. The van der Waals surface area contributed by atoms with Gasteiger partial charge in [0.2, 0.25) is 0 Å². The predicted molar refractivity (Wildman–Crippen MR) is 81.7 cm³/mol. The molecule has 1 fully saturated rings. The summed E-state index contributed by atoms with van der Waals surface area (Å²) >= 11 is 4.96. The molecule has 1 saturated heterocycles. The first-order chi connectivity index (χ1) is 9.22. The zero-order chi connectivity index (χ0) is 13.2. The number of nitrogens with two attached hydrogens (primary N) is 1. The van der Waals surface area contributed by atoms with Crippen molar-refractivity contribution in [3.8, 4) is 0 Å². The Morgan fingerprint density at radius 3 is 2.74 bits per heavy atom. The number of aryl methyl sites for hydroxylation is 2. The van der Waals surface area contributed by atoms with Gasteiger partial charge < -0.3 is 10.6 Å². The Balaban J connectivity index is 1.63. The second-order valence-electron chi connectivity index (χ2n) is 5.36. The van der Waals surface area contributed by atoms with Gasteiger partial charge in [0.15, 0.2) is 0 Å². The molecule has 0 unspecified atom stereocenters. The molecule has 2 N–H and O–H groups in total. The SMILES string of the molecule is NC(=S)CN1CCN(c2ccc3c(n2)CCC3)CC1. The summed E-state index contributed by atoms with van der Waals surface area (Å²) < 4.78 is 0. The Morgan fingerprint density at radius 2 is 2.00 bits per heavy atom. The van der Waals surface area contributed by atoms with E-state index in [0.717, 1.165) is 45.0 Å². The lowest BCUT2D eigenvalue weighted by Gasteiger charge is -2.35. The van der Waals surface area contributed by atoms with Crippen LogP contribution >= 0.6 is 12.2 Å². The normalized spacial score (nSPS) is 19.5. The van der Waals surface area contributed by atoms with Gasteiger partial charge in [0.1, 0.15) is 5.82 Å². The van der Waals surface area contributed by atoms with E-state index in [4.69, 9.17) is 22.9 Å². The van der Waals surface area contributed by atoms with Gasteiger partial charge in [0, 0.05) is 38.4 Å². The maximum absolute atomic E-state index is 5.59. The molecule has 102 valence electrons. The number of aromatic nitrogens is 1. The molecule has 2 aliphatic rings. The standard InChI is InChI=1S/C14H20N4S/c15-13(19)10-17-6-8-18(9-7-17)14-5-4-11-2-1-3-12(11)16-14/h4-5H,1-3,6-10H2,(H2,15,19). The van der Waals surface area contributed by atoms with Crippen LogP contribution in [-0.2, 0) is 12.8 Å². The molecular formula is C14H20N4S. The van der Waals surface area contributed by atoms with Gasteiger partial charge >= 0.3 is 0 Å². The number of thiocarbonyl (C=S) groups is 1. The Morgan fingerprint density at radius 1 is 1.21 bits per heavy atom. The molecule has 0 spiro atoms. The van der Waals surface area contributed by atoms with Crippen molar-refractivity contribution in [3.05, 3.63) is 23.4 Å². The summed E-state index contributed by atoms with van der Waals surface area (Å²) in [5.41, 5.74) is 8.34. The number of nitrogens with zero attached hydrogens (tertiary/aromatic N) is 3. The minimum Gasteiger partial charge on any atom is -0.392 e. The van der Waals surface area contributed by atoms with E-state index in [1.54, 1.807) is 0 Å². The monoisotopic (exact) mass is 276 g/mol. The van der Waals surface area contributed by atoms with Crippen LogP contribution in [0.15, 0.2) is 12.1 Å². The van der Waals surface area contributed by atoms with E-state index >= 15 is 0 Å². The summed E-state index contributed by atoms with van der Waals surface area (Å²) in [6.07, 6.45) is 3.60. The third-order valence-electron chi connectivity index (χ3n) is 3.99. The van der Waals surface area contributed by atoms with Crippen LogP contribution in [-0.4, -0.2) is 47.6 Å². The maximum atomic E-state index is 5.59. The second kappa shape index (κ2) is 5.43. The van der Waals surface area contributed by atoms with Crippen LogP contribution in [0.1, 0.15) is 17.7 Å². The molecule has 3 rings (SSSR count). The number of fused-ring (bicyclic) bond motifs is 1. The van der Waals surface area contributed by atoms with E-state index < -0.39 is 0 Å². The fourth-order valence-electron chi connectivity index (χ4n) is 2.94. The smallest absolute Gasteiger partial charge is 0.128 e. The van der Waals surface area contributed by atoms with E-state index in [9.17, 15) is 0 Å². The van der Waals surface area contributed by atoms with Crippen molar-refractivity contribution >= 4 is 23.0 Å². The minimum absolute atomic E-state index is 0.587. The minimum atomic E-state index is 0.587. The Hall–Kier alpha value is -1.20. The number of anilines is 1. The van der Waals surface area contributed by atoms with Crippen LogP contribution in [0.4, 0.5) is 5.82 Å². The average molecular weight is 276 g/mol. The Labute approximate surface area is 119 Å². The van der Waals surface area contributed by atoms with Gasteiger partial charge in [-0.1, -0.05) is 18.3 Å². The molecule has 1 aromatic rings. The zero-order valence-corrected chi connectivity index (χ0v) is 12.0. The highest BCUT2D eigenvalue weighted by atomic mass is 32.1. The van der Waals surface area contributed by atoms with E-state index in [1.165, 1.54) is 24.1 Å². The largest absolute Gasteiger partial charge is 0.392 e. The highest BCUT2D eigenvalue weighted by Crippen LogP contribution is 2.23. The molecule has 1 aliphatic carbocycles. The van der Waals surface area contributed by atoms with Crippen LogP contribution in [0.3, 0.4) is 0 Å². The predicted octanol–water partition coefficient (Wildman–Crippen LogP) is 0.978. The summed E-state index contributed by atoms with van der Waals surface area (Å²) in [7, 11) is 0. The summed E-state index contributed by atoms with van der Waals surface area (Å²) in [6, 6.07) is 4.43. The first-order valence-electron chi connectivity index (χ1n) is 6.97. The third kappa shape index (κ3) is 2.87. The molecule has 0 amide bonds. The van der Waals surface area contributed by atoms with Gasteiger partial charge in [0.25, 0.3) is 0 Å². The van der Waals surface area contributed by atoms with Crippen molar-refractivity contribution in [1.82, 2.24) is 9.88 Å². The first-order valence-corrected chi connectivity index (χ1v) is 7.37. The summed E-state index contributed by atoms with van der Waals surface area (Å²) in [5, 5.41) is 0. The number of piperazine rings is 1. The fourth-order valence-corrected chi connectivity index (χ4v) is 3.12. The van der Waals surface area contributed by atoms with E-state index in [0.29, 0.717) is 4.99 Å². The number of pyridine rings is 1. The molecule has 2 heterocycles. The Kier molecular flexibility index (Phi) is 3.66. The van der Waals surface area contributed by atoms with E-state index in [-0.39, 0.29) is 0 Å². The van der Waals surface area contributed by atoms with Crippen molar-refractivity contribution in [3.63, 3.8) is 0 Å². The molecular weight excluding hydrogens is 256 g/mol. The molecule has 19 heavy (non-hydrogen) atoms. The maximum Gasteiger partial charge on any atom is 0.128 e. The van der Waals surface area contributed by atoms with Crippen LogP contribution in [0.2, 0.25) is 0 Å². The fraction of sp³-hybridized carbons (Fsp3) is 0.571. The van der Waals surface area contributed by atoms with E-state index in [2.05, 4.69) is 21.9 Å². The molecule has 0 aromatic carbocycles. The lowest BCUT2D eigenvalue weighted by molar-refractivity contribution is 0.291. The van der Waals surface area contributed by atoms with Crippen molar-refractivity contribution in [2.75, 3.05) is 37.6 Å². The molecule has 0 bridgehead atoms. The highest BCUT2D eigenvalue weighted by molar-refractivity contribution is 7.80. The first kappa shape index (κ1) is 12.8. The van der Waals surface area contributed by atoms with Crippen LogP contribution in [0.25, 0.3) is 0 Å². The molecule has 0 saturated carbocycles. The second-order valence-corrected chi connectivity index (χ2v) is 5.88. The summed E-state index contributed by atoms with van der Waals surface area (Å²) in [6.45, 7) is 4.77. The van der Waals surface area contributed by atoms with Crippen molar-refractivity contribution in [2.24, 2.45) is 5.73 Å². The number of hydrogen-bond donors (Lipinski definition) is 1. The number of rotatable bonds is 3. The van der Waals surface area contributed by atoms with Gasteiger partial charge in [-0.3, -0.25) is 4.90 Å². The zero-order valence-electron chi connectivity index (χ0n) is 11.1. The number of hydrogen-bond acceptors (Lipinski definition) is 4. The van der Waals surface area contributed by atoms with Crippen molar-refractivity contribution in [1.29, 1.82) is 0 Å². The van der Waals surface area contributed by atoms with Crippen LogP contribution < -0.4 is 10.6 Å². The van der Waals surface area contributed by atoms with Gasteiger partial charge in [-0.05, 0) is 30.9 Å². The van der Waals surface area contributed by atoms with Gasteiger partial charge in [0.05, 0.1) is 4.99 Å². The lowest BCUT2D eigenvalue weighted by atomic mass is 10.2. The third-order valence-corrected chi connectivity index (χ3v) is 4.12. The highest BCUT2D eigenvalue weighted by Gasteiger charge is 2.20. The van der Waals surface area contributed by atoms with Crippen LogP contribution in [0.5, 0.6) is 0 Å². The van der Waals surface area contributed by atoms with Gasteiger partial charge in [-0.2, -0.15) is 0 Å². The summed E-state index contributed by atoms with van der Waals surface area (Å²) in [5.74, 6) is 1.13. The topological polar surface area (TPSA) is 45.4 Å². The van der Waals surface area contributed by atoms with Gasteiger partial charge in [-0.25, -0.2) is 4.98 Å². The summed E-state index contributed by atoms with van der Waals surface area (Å²) in [4.78, 5) is 10.1.